The molecule has 6 atom stereocenters. The maximum atomic E-state index is 14.7. The Kier molecular flexibility index (Phi) is 16.5. The van der Waals surface area contributed by atoms with Gasteiger partial charge in [0.25, 0.3) is 0 Å². The van der Waals surface area contributed by atoms with Crippen molar-refractivity contribution in [1.29, 1.82) is 0 Å². The topological polar surface area (TPSA) is 149 Å². The molecule has 1 fully saturated rings. The number of hydrogen-bond donors (Lipinski definition) is 3. The molecule has 0 spiro atoms. The maximum absolute atomic E-state index is 14.7. The number of fused-ring (bicyclic) bond motifs is 2. The first-order chi connectivity index (χ1) is 29.4. The van der Waals surface area contributed by atoms with E-state index in [4.69, 9.17) is 33.7 Å². The van der Waals surface area contributed by atoms with Crippen LogP contribution in [0.3, 0.4) is 0 Å². The van der Waals surface area contributed by atoms with Gasteiger partial charge in [0.1, 0.15) is 36.6 Å². The molecule has 6 rings (SSSR count). The smallest absolute Gasteiger partial charge is 0.410 e. The number of carbonyl (C=O) groups is 1. The minimum Gasteiger partial charge on any atom is -0.489 e. The van der Waals surface area contributed by atoms with E-state index in [0.29, 0.717) is 35.6 Å². The molecule has 3 aliphatic rings. The van der Waals surface area contributed by atoms with E-state index in [2.05, 4.69) is 12.7 Å². The number of ether oxygens (including phenoxy) is 5. The average molecular weight is 831 g/mol. The van der Waals surface area contributed by atoms with E-state index in [9.17, 15) is 24.5 Å². The van der Waals surface area contributed by atoms with E-state index in [1.165, 1.54) is 13.2 Å². The van der Waals surface area contributed by atoms with Crippen molar-refractivity contribution in [3.63, 3.8) is 0 Å². The Morgan fingerprint density at radius 3 is 2.47 bits per heavy atom. The van der Waals surface area contributed by atoms with Crippen molar-refractivity contribution < 1.29 is 53.0 Å². The molecule has 1 aliphatic heterocycles. The molecule has 3 aromatic rings. The Balaban J connectivity index is 1.55. The van der Waals surface area contributed by atoms with Crippen LogP contribution in [0, 0.1) is 23.6 Å². The third-order valence-electron chi connectivity index (χ3n) is 11.7. The minimum atomic E-state index is -1.50. The first kappa shape index (κ1) is 44.8. The van der Waals surface area contributed by atoms with Gasteiger partial charge in [-0.3, -0.25) is 4.90 Å². The van der Waals surface area contributed by atoms with E-state index in [-0.39, 0.29) is 89.4 Å². The molecule has 0 unspecified atom stereocenters. The summed E-state index contributed by atoms with van der Waals surface area (Å²) >= 11 is 0. The maximum Gasteiger partial charge on any atom is 0.410 e. The fraction of sp³-hybridized carbons (Fsp3) is 0.489. The fourth-order valence-corrected chi connectivity index (χ4v) is 9.09. The fourth-order valence-electron chi connectivity index (χ4n) is 9.09. The molecule has 13 heteroatoms. The highest BCUT2D eigenvalue weighted by atomic mass is 19.1. The molecule has 0 aromatic heterocycles. The van der Waals surface area contributed by atoms with Crippen molar-refractivity contribution in [3.8, 4) is 11.5 Å². The van der Waals surface area contributed by atoms with Crippen LogP contribution >= 0.6 is 0 Å². The summed E-state index contributed by atoms with van der Waals surface area (Å²) in [5, 5.41) is 34.1. The Hall–Kier alpha value is -4.79. The van der Waals surface area contributed by atoms with Crippen LogP contribution in [0.1, 0.15) is 67.6 Å². The van der Waals surface area contributed by atoms with Gasteiger partial charge in [-0.1, -0.05) is 78.7 Å². The van der Waals surface area contributed by atoms with Crippen LogP contribution in [0.15, 0.2) is 102 Å². The van der Waals surface area contributed by atoms with Gasteiger partial charge in [0.2, 0.25) is 5.79 Å². The number of aliphatic hydroxyl groups excluding tert-OH is 3. The molecule has 0 saturated heterocycles. The van der Waals surface area contributed by atoms with Gasteiger partial charge in [0.15, 0.2) is 0 Å². The molecule has 3 aromatic carbocycles. The number of benzene rings is 3. The van der Waals surface area contributed by atoms with Gasteiger partial charge in [-0.2, -0.15) is 0 Å². The van der Waals surface area contributed by atoms with Crippen molar-refractivity contribution in [2.45, 2.75) is 75.9 Å². The number of halogens is 1. The zero-order valence-electron chi connectivity index (χ0n) is 34.5. The average Bonchev–Trinajstić information content (AvgIpc) is 3.27. The summed E-state index contributed by atoms with van der Waals surface area (Å²) < 4.78 is 46.3. The van der Waals surface area contributed by atoms with E-state index in [0.717, 1.165) is 42.4 Å². The van der Waals surface area contributed by atoms with Gasteiger partial charge in [-0.15, -0.1) is 6.58 Å². The molecule has 1 heterocycles. The first-order valence-corrected chi connectivity index (χ1v) is 21.0. The van der Waals surface area contributed by atoms with Crippen LogP contribution in [0.5, 0.6) is 11.5 Å². The zero-order chi connectivity index (χ0) is 42.3. The number of methoxy groups -OCH3 is 1. The van der Waals surface area contributed by atoms with E-state index in [1.807, 2.05) is 42.5 Å². The largest absolute Gasteiger partial charge is 0.489 e. The third-order valence-corrected chi connectivity index (χ3v) is 11.7. The molecule has 0 bridgehead atoms. The van der Waals surface area contributed by atoms with Crippen molar-refractivity contribution >= 4 is 11.8 Å². The van der Waals surface area contributed by atoms with Crippen LogP contribution in [0.2, 0.25) is 0 Å². The molecule has 1 saturated carbocycles. The van der Waals surface area contributed by atoms with Crippen molar-refractivity contribution in [3.05, 3.63) is 120 Å². The van der Waals surface area contributed by atoms with Crippen molar-refractivity contribution in [2.75, 3.05) is 53.3 Å². The van der Waals surface area contributed by atoms with Gasteiger partial charge in [-0.05, 0) is 72.9 Å². The Morgan fingerprint density at radius 1 is 0.967 bits per heavy atom. The SMILES string of the molecule is C=CCO[C@@]12Oc3ccc(OCc4ccccc4F)cc3[C@H]3[C@H](CCCCO)[C@@H](CCCCO)C=C(C(=NOCc4ccccc4)C[C@@H]1N(CCOCCO)C(=O)OC)[C@H]32. The lowest BCUT2D eigenvalue weighted by molar-refractivity contribution is -0.256. The van der Waals surface area contributed by atoms with Crippen LogP contribution < -0.4 is 9.47 Å². The number of rotatable bonds is 23. The highest BCUT2D eigenvalue weighted by Crippen LogP contribution is 2.62. The normalized spacial score (nSPS) is 23.4. The number of oxime groups is 1. The summed E-state index contributed by atoms with van der Waals surface area (Å²) in [6.07, 6.45) is 7.83. The molecule has 12 nitrogen and oxygen atoms in total. The van der Waals surface area contributed by atoms with Crippen LogP contribution in [-0.4, -0.2) is 97.1 Å². The second-order valence-corrected chi connectivity index (χ2v) is 15.4. The highest BCUT2D eigenvalue weighted by molar-refractivity contribution is 6.03. The van der Waals surface area contributed by atoms with E-state index < -0.39 is 23.8 Å². The summed E-state index contributed by atoms with van der Waals surface area (Å²) in [5.41, 5.74) is 3.75. The molecular weight excluding hydrogens is 772 g/mol. The lowest BCUT2D eigenvalue weighted by atomic mass is 9.55. The number of hydrogen-bond acceptors (Lipinski definition) is 11. The second-order valence-electron chi connectivity index (χ2n) is 15.4. The molecular formula is C47H59FN2O10. The lowest BCUT2D eigenvalue weighted by Crippen LogP contribution is -2.70. The molecule has 2 aliphatic carbocycles. The van der Waals surface area contributed by atoms with E-state index >= 15 is 0 Å². The Morgan fingerprint density at radius 2 is 1.73 bits per heavy atom. The first-order valence-electron chi connectivity index (χ1n) is 21.0. The number of aliphatic hydroxyl groups is 3. The van der Waals surface area contributed by atoms with Crippen molar-refractivity contribution in [1.82, 2.24) is 4.90 Å². The minimum absolute atomic E-state index is 0.00938. The van der Waals surface area contributed by atoms with Crippen LogP contribution in [-0.2, 0) is 32.3 Å². The van der Waals surface area contributed by atoms with Gasteiger partial charge < -0.3 is 43.8 Å². The number of amides is 1. The molecule has 60 heavy (non-hydrogen) atoms. The number of allylic oxidation sites excluding steroid dienone is 1. The summed E-state index contributed by atoms with van der Waals surface area (Å²) in [6.45, 7) is 4.55. The number of carbonyl (C=O) groups excluding carboxylic acids is 1. The van der Waals surface area contributed by atoms with Gasteiger partial charge in [-0.25, -0.2) is 9.18 Å². The molecule has 3 N–H and O–H groups in total. The summed E-state index contributed by atoms with van der Waals surface area (Å²) in [4.78, 5) is 21.6. The standard InChI is InChI=1S/C47H59FN2O10/c1-3-25-58-47-43(50(46(54)55-2)21-26-56-27-24-53)30-41(49-59-31-33-13-5-4-6-14-33)38-28-34(15-9-11-22-51)37(17-10-12-23-52)44(45(38)47)39-29-36(19-20-42(39)60-47)57-32-35-16-7-8-18-40(35)48/h3-8,13-14,16,18-20,28-29,34,37,43-45,51-53H,1,9-12,15,17,21-27,30-32H2,2H3/t34-,37+,43-,44+,45+,47+/m0/s1. The van der Waals surface area contributed by atoms with Gasteiger partial charge in [0.05, 0.1) is 45.2 Å². The van der Waals surface area contributed by atoms with Crippen molar-refractivity contribution in [2.24, 2.45) is 22.9 Å². The van der Waals surface area contributed by atoms with Crippen LogP contribution in [0.25, 0.3) is 0 Å². The zero-order valence-corrected chi connectivity index (χ0v) is 34.5. The quantitative estimate of drug-likeness (QED) is 0.0505. The van der Waals surface area contributed by atoms with Gasteiger partial charge in [0, 0.05) is 43.2 Å². The highest BCUT2D eigenvalue weighted by Gasteiger charge is 2.65. The Labute approximate surface area is 352 Å². The lowest BCUT2D eigenvalue weighted by Gasteiger charge is -2.59. The second kappa shape index (κ2) is 22.2. The van der Waals surface area contributed by atoms with Gasteiger partial charge >= 0.3 is 6.09 Å². The van der Waals surface area contributed by atoms with E-state index in [1.54, 1.807) is 35.2 Å². The summed E-state index contributed by atoms with van der Waals surface area (Å²) in [6, 6.07) is 21.1. The predicted molar refractivity (Wildman–Crippen MR) is 224 cm³/mol. The third kappa shape index (κ3) is 10.4. The number of nitrogens with zero attached hydrogens (tertiary/aromatic N) is 2. The summed E-state index contributed by atoms with van der Waals surface area (Å²) in [7, 11) is 1.32. The van der Waals surface area contributed by atoms with Crippen LogP contribution in [0.4, 0.5) is 9.18 Å². The predicted octanol–water partition coefficient (Wildman–Crippen LogP) is 7.32. The number of unbranched alkanes of at least 4 members (excludes halogenated alkanes) is 2. The monoisotopic (exact) mass is 830 g/mol. The molecule has 324 valence electrons. The Bertz CT molecular complexity index is 1910. The summed E-state index contributed by atoms with van der Waals surface area (Å²) in [5.74, 6) is -1.60. The molecule has 1 amide bonds. The molecule has 0 radical (unpaired) electrons.